The van der Waals surface area contributed by atoms with E-state index in [0.717, 1.165) is 30.7 Å². The molecular weight excluding hydrogens is 308 g/mol. The van der Waals surface area contributed by atoms with Crippen LogP contribution in [0.3, 0.4) is 0 Å². The van der Waals surface area contributed by atoms with E-state index in [0.29, 0.717) is 6.04 Å². The third-order valence-corrected chi connectivity index (χ3v) is 4.88. The average Bonchev–Trinajstić information content (AvgIpc) is 2.61. The predicted octanol–water partition coefficient (Wildman–Crippen LogP) is 4.67. The van der Waals surface area contributed by atoms with Crippen molar-refractivity contribution in [1.29, 1.82) is 0 Å². The topological polar surface area (TPSA) is 34.2 Å². The molecule has 0 saturated heterocycles. The summed E-state index contributed by atoms with van der Waals surface area (Å²) in [5.74, 6) is 1.00. The minimum absolute atomic E-state index is 0.146. The third-order valence-electron chi connectivity index (χ3n) is 4.88. The standard InChI is InChI=1S/C22H24N2O/c1-22(2)15-19(18-10-3-4-11-20(18)25-22)23-14-12-17-8-5-7-16-9-6-13-24-21(16)17/h3-11,13,19,23H,12,14-15H2,1-2H3/t19-/m0/s1. The summed E-state index contributed by atoms with van der Waals surface area (Å²) < 4.78 is 6.12. The largest absolute Gasteiger partial charge is 0.487 e. The van der Waals surface area contributed by atoms with E-state index < -0.39 is 0 Å². The third kappa shape index (κ3) is 3.38. The number of benzene rings is 2. The van der Waals surface area contributed by atoms with Gasteiger partial charge in [-0.05, 0) is 44.5 Å². The van der Waals surface area contributed by atoms with Gasteiger partial charge in [0.05, 0.1) is 5.52 Å². The lowest BCUT2D eigenvalue weighted by Crippen LogP contribution is -2.40. The van der Waals surface area contributed by atoms with Crippen LogP contribution in [0.4, 0.5) is 0 Å². The maximum atomic E-state index is 6.12. The number of nitrogens with one attached hydrogen (secondary N) is 1. The number of fused-ring (bicyclic) bond motifs is 2. The fraction of sp³-hybridized carbons (Fsp3) is 0.318. The van der Waals surface area contributed by atoms with Crippen LogP contribution in [0.2, 0.25) is 0 Å². The zero-order valence-corrected chi connectivity index (χ0v) is 14.8. The second-order valence-electron chi connectivity index (χ2n) is 7.35. The highest BCUT2D eigenvalue weighted by molar-refractivity contribution is 5.81. The fourth-order valence-corrected chi connectivity index (χ4v) is 3.73. The smallest absolute Gasteiger partial charge is 0.124 e. The molecule has 3 nitrogen and oxygen atoms in total. The Hall–Kier alpha value is -2.39. The van der Waals surface area contributed by atoms with Gasteiger partial charge in [0.25, 0.3) is 0 Å². The highest BCUT2D eigenvalue weighted by atomic mass is 16.5. The van der Waals surface area contributed by atoms with Crippen molar-refractivity contribution in [3.05, 3.63) is 71.9 Å². The number of pyridine rings is 1. The van der Waals surface area contributed by atoms with Crippen LogP contribution in [0.25, 0.3) is 10.9 Å². The maximum absolute atomic E-state index is 6.12. The zero-order valence-electron chi connectivity index (χ0n) is 14.8. The first-order chi connectivity index (χ1) is 12.1. The van der Waals surface area contributed by atoms with Crippen LogP contribution in [0.15, 0.2) is 60.8 Å². The molecule has 0 unspecified atom stereocenters. The molecule has 1 aromatic heterocycles. The van der Waals surface area contributed by atoms with Crippen molar-refractivity contribution in [1.82, 2.24) is 10.3 Å². The molecule has 0 bridgehead atoms. The Morgan fingerprint density at radius 2 is 1.92 bits per heavy atom. The van der Waals surface area contributed by atoms with Gasteiger partial charge in [0, 0.05) is 29.6 Å². The van der Waals surface area contributed by atoms with Crippen LogP contribution >= 0.6 is 0 Å². The molecule has 25 heavy (non-hydrogen) atoms. The molecule has 0 spiro atoms. The quantitative estimate of drug-likeness (QED) is 0.754. The van der Waals surface area contributed by atoms with Gasteiger partial charge in [0.1, 0.15) is 11.4 Å². The highest BCUT2D eigenvalue weighted by Gasteiger charge is 2.33. The SMILES string of the molecule is CC1(C)C[C@H](NCCc2cccc3cccnc23)c2ccccc2O1. The van der Waals surface area contributed by atoms with E-state index in [1.54, 1.807) is 0 Å². The van der Waals surface area contributed by atoms with Crippen molar-refractivity contribution in [2.45, 2.75) is 38.3 Å². The number of rotatable bonds is 4. The summed E-state index contributed by atoms with van der Waals surface area (Å²) in [6, 6.07) is 19.2. The first kappa shape index (κ1) is 16.1. The molecule has 0 amide bonds. The molecule has 1 aliphatic rings. The van der Waals surface area contributed by atoms with Crippen LogP contribution < -0.4 is 10.1 Å². The molecule has 3 aromatic rings. The molecule has 2 heterocycles. The van der Waals surface area contributed by atoms with Crippen molar-refractivity contribution in [3.63, 3.8) is 0 Å². The molecule has 1 aliphatic heterocycles. The first-order valence-corrected chi connectivity index (χ1v) is 8.96. The molecule has 1 atom stereocenters. The van der Waals surface area contributed by atoms with E-state index in [2.05, 4.69) is 66.6 Å². The van der Waals surface area contributed by atoms with Gasteiger partial charge in [-0.15, -0.1) is 0 Å². The highest BCUT2D eigenvalue weighted by Crippen LogP contribution is 2.39. The van der Waals surface area contributed by atoms with Crippen LogP contribution in [0.1, 0.15) is 37.4 Å². The number of ether oxygens (including phenoxy) is 1. The molecule has 0 saturated carbocycles. The van der Waals surface area contributed by atoms with Crippen molar-refractivity contribution >= 4 is 10.9 Å². The van der Waals surface area contributed by atoms with Crippen molar-refractivity contribution in [2.24, 2.45) is 0 Å². The molecule has 2 aromatic carbocycles. The fourth-order valence-electron chi connectivity index (χ4n) is 3.73. The summed E-state index contributed by atoms with van der Waals surface area (Å²) in [6.07, 6.45) is 3.81. The molecule has 0 radical (unpaired) electrons. The average molecular weight is 332 g/mol. The summed E-state index contributed by atoms with van der Waals surface area (Å²) in [4.78, 5) is 4.56. The Morgan fingerprint density at radius 1 is 1.08 bits per heavy atom. The lowest BCUT2D eigenvalue weighted by molar-refractivity contribution is 0.0662. The normalized spacial score (nSPS) is 18.6. The Bertz CT molecular complexity index is 883. The second kappa shape index (κ2) is 6.49. The Labute approximate surface area is 149 Å². The van der Waals surface area contributed by atoms with Gasteiger partial charge in [0.15, 0.2) is 0 Å². The monoisotopic (exact) mass is 332 g/mol. The van der Waals surface area contributed by atoms with Gasteiger partial charge in [-0.2, -0.15) is 0 Å². The number of hydrogen-bond acceptors (Lipinski definition) is 3. The van der Waals surface area contributed by atoms with Gasteiger partial charge >= 0.3 is 0 Å². The Morgan fingerprint density at radius 3 is 2.84 bits per heavy atom. The van der Waals surface area contributed by atoms with Crippen LogP contribution in [0.5, 0.6) is 5.75 Å². The molecule has 128 valence electrons. The maximum Gasteiger partial charge on any atom is 0.124 e. The van der Waals surface area contributed by atoms with Crippen LogP contribution in [-0.4, -0.2) is 17.1 Å². The number of nitrogens with zero attached hydrogens (tertiary/aromatic N) is 1. The summed E-state index contributed by atoms with van der Waals surface area (Å²) in [7, 11) is 0. The van der Waals surface area contributed by atoms with Gasteiger partial charge < -0.3 is 10.1 Å². The molecule has 0 fully saturated rings. The number of para-hydroxylation sites is 2. The second-order valence-corrected chi connectivity index (χ2v) is 7.35. The molecule has 3 heteroatoms. The van der Waals surface area contributed by atoms with E-state index in [4.69, 9.17) is 4.74 Å². The van der Waals surface area contributed by atoms with Gasteiger partial charge in [-0.1, -0.05) is 42.5 Å². The molecular formula is C22H24N2O. The Balaban J connectivity index is 1.50. The molecule has 0 aliphatic carbocycles. The zero-order chi connectivity index (χ0) is 17.3. The first-order valence-electron chi connectivity index (χ1n) is 8.96. The van der Waals surface area contributed by atoms with Crippen molar-refractivity contribution < 1.29 is 4.74 Å². The van der Waals surface area contributed by atoms with E-state index >= 15 is 0 Å². The summed E-state index contributed by atoms with van der Waals surface area (Å²) >= 11 is 0. The predicted molar refractivity (Wildman–Crippen MR) is 102 cm³/mol. The lowest BCUT2D eigenvalue weighted by atomic mass is 9.89. The van der Waals surface area contributed by atoms with Crippen molar-refractivity contribution in [3.8, 4) is 5.75 Å². The van der Waals surface area contributed by atoms with E-state index in [1.165, 1.54) is 16.5 Å². The summed E-state index contributed by atoms with van der Waals surface area (Å²) in [5, 5.41) is 4.94. The van der Waals surface area contributed by atoms with Gasteiger partial charge in [0.2, 0.25) is 0 Å². The minimum atomic E-state index is -0.146. The molecule has 1 N–H and O–H groups in total. The minimum Gasteiger partial charge on any atom is -0.487 e. The summed E-state index contributed by atoms with van der Waals surface area (Å²) in [6.45, 7) is 5.24. The molecule has 4 rings (SSSR count). The summed E-state index contributed by atoms with van der Waals surface area (Å²) in [5.41, 5.74) is 3.52. The lowest BCUT2D eigenvalue weighted by Gasteiger charge is -2.38. The van der Waals surface area contributed by atoms with Crippen molar-refractivity contribution in [2.75, 3.05) is 6.54 Å². The number of hydrogen-bond donors (Lipinski definition) is 1. The van der Waals surface area contributed by atoms with E-state index in [1.807, 2.05) is 18.3 Å². The van der Waals surface area contributed by atoms with Gasteiger partial charge in [-0.25, -0.2) is 0 Å². The van der Waals surface area contributed by atoms with Crippen LogP contribution in [0, 0.1) is 0 Å². The van der Waals surface area contributed by atoms with Crippen LogP contribution in [-0.2, 0) is 6.42 Å². The Kier molecular flexibility index (Phi) is 4.18. The number of aromatic nitrogens is 1. The van der Waals surface area contributed by atoms with E-state index in [9.17, 15) is 0 Å². The van der Waals surface area contributed by atoms with Gasteiger partial charge in [-0.3, -0.25) is 4.98 Å². The van der Waals surface area contributed by atoms with E-state index in [-0.39, 0.29) is 5.60 Å².